The summed E-state index contributed by atoms with van der Waals surface area (Å²) in [5.74, 6) is 0.625. The molecule has 6 nitrogen and oxygen atoms in total. The van der Waals surface area contributed by atoms with Crippen LogP contribution in [-0.4, -0.2) is 28.2 Å². The van der Waals surface area contributed by atoms with Crippen LogP contribution in [0.1, 0.15) is 18.9 Å². The fourth-order valence-electron chi connectivity index (χ4n) is 2.65. The number of carbonyl (C=O) groups excluding carboxylic acids is 1. The lowest BCUT2D eigenvalue weighted by Crippen LogP contribution is -2.24. The number of aromatic nitrogens is 2. The number of hydrogen-bond acceptors (Lipinski definition) is 6. The third-order valence-electron chi connectivity index (χ3n) is 4.23. The molecule has 1 atom stereocenters. The van der Waals surface area contributed by atoms with Gasteiger partial charge in [0.05, 0.1) is 23.6 Å². The van der Waals surface area contributed by atoms with Crippen molar-refractivity contribution in [1.82, 2.24) is 9.97 Å². The largest absolute Gasteiger partial charge is 0.497 e. The molecular weight excluding hydrogens is 384 g/mol. The van der Waals surface area contributed by atoms with Gasteiger partial charge in [0.2, 0.25) is 5.91 Å². The Hall–Kier alpha value is -3.37. The van der Waals surface area contributed by atoms with E-state index in [9.17, 15) is 10.1 Å². The number of nitrogens with zero attached hydrogens (tertiary/aromatic N) is 3. The summed E-state index contributed by atoms with van der Waals surface area (Å²) in [7, 11) is 1.62. The van der Waals surface area contributed by atoms with Gasteiger partial charge in [-0.3, -0.25) is 9.78 Å². The average Bonchev–Trinajstić information content (AvgIpc) is 2.78. The molecular formula is C22H20N4O2S. The predicted octanol–water partition coefficient (Wildman–Crippen LogP) is 4.53. The Morgan fingerprint density at radius 1 is 1.17 bits per heavy atom. The molecule has 3 rings (SSSR count). The summed E-state index contributed by atoms with van der Waals surface area (Å²) < 4.78 is 5.19. The summed E-state index contributed by atoms with van der Waals surface area (Å²) in [5.41, 5.74) is 2.77. The number of nitriles is 1. The van der Waals surface area contributed by atoms with Gasteiger partial charge >= 0.3 is 0 Å². The van der Waals surface area contributed by atoms with Crippen LogP contribution in [0.4, 0.5) is 5.69 Å². The maximum atomic E-state index is 12.7. The standard InChI is InChI=1S/C22H20N4O2S/c1-3-20(21(27)25-17-10-12-24-13-11-17)29-22-16(14-23)6-9-19(26-22)15-4-7-18(28-2)8-5-15/h4-13,20H,3H2,1-2H3,(H,24,25,27). The second kappa shape index (κ2) is 9.71. The molecule has 0 aliphatic rings. The first-order valence-corrected chi connectivity index (χ1v) is 9.95. The number of anilines is 1. The number of benzene rings is 1. The van der Waals surface area contributed by atoms with E-state index in [1.165, 1.54) is 11.8 Å². The van der Waals surface area contributed by atoms with Crippen molar-refractivity contribution < 1.29 is 9.53 Å². The minimum absolute atomic E-state index is 0.135. The van der Waals surface area contributed by atoms with Crippen molar-refractivity contribution in [3.05, 3.63) is 66.5 Å². The van der Waals surface area contributed by atoms with Crippen LogP contribution in [0, 0.1) is 11.3 Å². The van der Waals surface area contributed by atoms with Gasteiger partial charge in [0.25, 0.3) is 0 Å². The first-order chi connectivity index (χ1) is 14.1. The molecule has 0 aliphatic carbocycles. The number of rotatable bonds is 7. The molecule has 1 N–H and O–H groups in total. The lowest BCUT2D eigenvalue weighted by Gasteiger charge is -2.15. The summed E-state index contributed by atoms with van der Waals surface area (Å²) in [4.78, 5) is 21.3. The first-order valence-electron chi connectivity index (χ1n) is 9.07. The molecule has 0 bridgehead atoms. The van der Waals surface area contributed by atoms with Gasteiger partial charge in [0.1, 0.15) is 16.8 Å². The highest BCUT2D eigenvalue weighted by Crippen LogP contribution is 2.30. The average molecular weight is 404 g/mol. The molecule has 2 aromatic heterocycles. The van der Waals surface area contributed by atoms with Crippen LogP contribution >= 0.6 is 11.8 Å². The van der Waals surface area contributed by atoms with Gasteiger partial charge in [-0.2, -0.15) is 5.26 Å². The van der Waals surface area contributed by atoms with E-state index in [2.05, 4.69) is 21.4 Å². The molecule has 7 heteroatoms. The summed E-state index contributed by atoms with van der Waals surface area (Å²) in [6.45, 7) is 1.93. The molecule has 1 amide bonds. The van der Waals surface area contributed by atoms with Crippen LogP contribution in [0.15, 0.2) is 66.0 Å². The monoisotopic (exact) mass is 404 g/mol. The smallest absolute Gasteiger partial charge is 0.237 e. The van der Waals surface area contributed by atoms with E-state index in [-0.39, 0.29) is 11.2 Å². The van der Waals surface area contributed by atoms with Crippen LogP contribution < -0.4 is 10.1 Å². The quantitative estimate of drug-likeness (QED) is 0.582. The zero-order valence-corrected chi connectivity index (χ0v) is 16.9. The van der Waals surface area contributed by atoms with Gasteiger partial charge in [-0.1, -0.05) is 18.7 Å². The zero-order valence-electron chi connectivity index (χ0n) is 16.1. The van der Waals surface area contributed by atoms with Crippen molar-refractivity contribution in [2.24, 2.45) is 0 Å². The van der Waals surface area contributed by atoms with Gasteiger partial charge in [0.15, 0.2) is 0 Å². The molecule has 0 aliphatic heterocycles. The topological polar surface area (TPSA) is 87.9 Å². The van der Waals surface area contributed by atoms with E-state index < -0.39 is 0 Å². The van der Waals surface area contributed by atoms with Crippen molar-refractivity contribution in [2.45, 2.75) is 23.6 Å². The molecule has 29 heavy (non-hydrogen) atoms. The Bertz CT molecular complexity index is 1020. The number of methoxy groups -OCH3 is 1. The summed E-state index contributed by atoms with van der Waals surface area (Å²) in [5, 5.41) is 12.5. The fourth-order valence-corrected chi connectivity index (χ4v) is 3.65. The maximum absolute atomic E-state index is 12.7. The molecule has 3 aromatic rings. The maximum Gasteiger partial charge on any atom is 0.237 e. The normalized spacial score (nSPS) is 11.3. The minimum Gasteiger partial charge on any atom is -0.497 e. The number of nitrogens with one attached hydrogen (secondary N) is 1. The second-order valence-corrected chi connectivity index (χ2v) is 7.32. The Morgan fingerprint density at radius 2 is 1.90 bits per heavy atom. The molecule has 0 radical (unpaired) electrons. The highest BCUT2D eigenvalue weighted by Gasteiger charge is 2.21. The van der Waals surface area contributed by atoms with E-state index in [1.54, 1.807) is 37.7 Å². The highest BCUT2D eigenvalue weighted by atomic mass is 32.2. The van der Waals surface area contributed by atoms with Crippen LogP contribution in [-0.2, 0) is 4.79 Å². The van der Waals surface area contributed by atoms with E-state index in [0.717, 1.165) is 17.0 Å². The van der Waals surface area contributed by atoms with Gasteiger partial charge in [0, 0.05) is 23.6 Å². The first kappa shape index (κ1) is 20.4. The number of thioether (sulfide) groups is 1. The molecule has 0 fully saturated rings. The number of ether oxygens (including phenoxy) is 1. The Morgan fingerprint density at radius 3 is 2.52 bits per heavy atom. The van der Waals surface area contributed by atoms with Crippen LogP contribution in [0.5, 0.6) is 5.75 Å². The fraction of sp³-hybridized carbons (Fsp3) is 0.182. The number of amides is 1. The summed E-state index contributed by atoms with van der Waals surface area (Å²) in [6.07, 6.45) is 3.84. The van der Waals surface area contributed by atoms with Gasteiger partial charge in [-0.15, -0.1) is 0 Å². The molecule has 2 heterocycles. The van der Waals surface area contributed by atoms with Crippen LogP contribution in [0.2, 0.25) is 0 Å². The van der Waals surface area contributed by atoms with E-state index in [4.69, 9.17) is 4.74 Å². The minimum atomic E-state index is -0.381. The Labute approximate surface area is 174 Å². The lowest BCUT2D eigenvalue weighted by atomic mass is 10.1. The van der Waals surface area contributed by atoms with Crippen molar-refractivity contribution in [2.75, 3.05) is 12.4 Å². The van der Waals surface area contributed by atoms with E-state index in [1.807, 2.05) is 37.3 Å². The number of hydrogen-bond donors (Lipinski definition) is 1. The molecule has 0 saturated carbocycles. The number of carbonyl (C=O) groups is 1. The summed E-state index contributed by atoms with van der Waals surface area (Å²) in [6, 6.07) is 16.7. The van der Waals surface area contributed by atoms with Crippen molar-refractivity contribution in [1.29, 1.82) is 5.26 Å². The van der Waals surface area contributed by atoms with Gasteiger partial charge in [-0.05, 0) is 55.0 Å². The van der Waals surface area contributed by atoms with Gasteiger partial charge in [-0.25, -0.2) is 4.98 Å². The molecule has 146 valence electrons. The van der Waals surface area contributed by atoms with Crippen molar-refractivity contribution in [3.8, 4) is 23.1 Å². The highest BCUT2D eigenvalue weighted by molar-refractivity contribution is 8.00. The van der Waals surface area contributed by atoms with E-state index in [0.29, 0.717) is 22.7 Å². The zero-order chi connectivity index (χ0) is 20.6. The number of pyridine rings is 2. The van der Waals surface area contributed by atoms with Crippen molar-refractivity contribution >= 4 is 23.4 Å². The molecule has 0 spiro atoms. The van der Waals surface area contributed by atoms with Gasteiger partial charge < -0.3 is 10.1 Å². The molecule has 0 saturated heterocycles. The third kappa shape index (κ3) is 5.12. The Balaban J connectivity index is 1.83. The third-order valence-corrected chi connectivity index (χ3v) is 5.60. The van der Waals surface area contributed by atoms with Crippen LogP contribution in [0.25, 0.3) is 11.3 Å². The Kier molecular flexibility index (Phi) is 6.82. The van der Waals surface area contributed by atoms with Crippen molar-refractivity contribution in [3.63, 3.8) is 0 Å². The molecule has 1 aromatic carbocycles. The predicted molar refractivity (Wildman–Crippen MR) is 114 cm³/mol. The SMILES string of the molecule is CCC(Sc1nc(-c2ccc(OC)cc2)ccc1C#N)C(=O)Nc1ccncc1. The second-order valence-electron chi connectivity index (χ2n) is 6.13. The summed E-state index contributed by atoms with van der Waals surface area (Å²) >= 11 is 1.30. The van der Waals surface area contributed by atoms with E-state index >= 15 is 0 Å². The lowest BCUT2D eigenvalue weighted by molar-refractivity contribution is -0.115. The molecule has 1 unspecified atom stereocenters. The van der Waals surface area contributed by atoms with Crippen LogP contribution in [0.3, 0.4) is 0 Å².